The van der Waals surface area contributed by atoms with Crippen LogP contribution in [-0.2, 0) is 9.59 Å². The Hall–Kier alpha value is -0.810. The quantitative estimate of drug-likeness (QED) is 0.641. The molecule has 0 radical (unpaired) electrons. The second-order valence-corrected chi connectivity index (χ2v) is 7.83. The summed E-state index contributed by atoms with van der Waals surface area (Å²) in [6, 6.07) is 0.252. The summed E-state index contributed by atoms with van der Waals surface area (Å²) in [7, 11) is 0. The van der Waals surface area contributed by atoms with Gasteiger partial charge in [-0.3, -0.25) is 9.59 Å². The zero-order valence-corrected chi connectivity index (χ0v) is 16.6. The maximum absolute atomic E-state index is 12.4. The fraction of sp³-hybridized carbons (Fsp3) is 0.895. The van der Waals surface area contributed by atoms with Crippen molar-refractivity contribution >= 4 is 24.2 Å². The first-order valence-electron chi connectivity index (χ1n) is 9.84. The van der Waals surface area contributed by atoms with Gasteiger partial charge in [0, 0.05) is 30.0 Å². The summed E-state index contributed by atoms with van der Waals surface area (Å²) in [5.74, 6) is 0.667. The minimum Gasteiger partial charge on any atom is -0.354 e. The van der Waals surface area contributed by atoms with E-state index in [1.165, 1.54) is 12.8 Å². The average molecular weight is 374 g/mol. The van der Waals surface area contributed by atoms with E-state index in [1.807, 2.05) is 0 Å². The van der Waals surface area contributed by atoms with Crippen LogP contribution in [0.15, 0.2) is 0 Å². The Morgan fingerprint density at radius 3 is 1.96 bits per heavy atom. The number of nitrogens with two attached hydrogens (primary N) is 1. The van der Waals surface area contributed by atoms with Crippen LogP contribution in [-0.4, -0.2) is 29.9 Å². The molecule has 0 aliphatic heterocycles. The molecule has 2 rings (SSSR count). The number of hydrogen-bond acceptors (Lipinski definition) is 3. The lowest BCUT2D eigenvalue weighted by Crippen LogP contribution is -2.51. The van der Waals surface area contributed by atoms with E-state index in [1.54, 1.807) is 0 Å². The Balaban J connectivity index is 0.00000312. The van der Waals surface area contributed by atoms with Crippen LogP contribution in [0, 0.1) is 11.8 Å². The Labute approximate surface area is 158 Å². The largest absolute Gasteiger partial charge is 0.354 e. The van der Waals surface area contributed by atoms with Crippen LogP contribution in [0.3, 0.4) is 0 Å². The number of hydrogen-bond donors (Lipinski definition) is 3. The third kappa shape index (κ3) is 6.45. The molecule has 0 bridgehead atoms. The van der Waals surface area contributed by atoms with Crippen molar-refractivity contribution < 1.29 is 9.59 Å². The van der Waals surface area contributed by atoms with E-state index in [2.05, 4.69) is 24.5 Å². The van der Waals surface area contributed by atoms with Crippen molar-refractivity contribution in [2.45, 2.75) is 89.6 Å². The van der Waals surface area contributed by atoms with Gasteiger partial charge in [-0.1, -0.05) is 26.7 Å². The Bertz CT molecular complexity index is 426. The lowest BCUT2D eigenvalue weighted by molar-refractivity contribution is -0.127. The van der Waals surface area contributed by atoms with E-state index in [-0.39, 0.29) is 47.6 Å². The molecular formula is C19H36ClN3O2. The molecule has 0 saturated heterocycles. The summed E-state index contributed by atoms with van der Waals surface area (Å²) < 4.78 is 0. The molecule has 4 N–H and O–H groups in total. The number of rotatable bonds is 7. The minimum atomic E-state index is -0.290. The number of amides is 2. The number of halogens is 1. The molecule has 0 aromatic carbocycles. The molecule has 0 spiro atoms. The van der Waals surface area contributed by atoms with Crippen LogP contribution in [0.1, 0.15) is 78.1 Å². The highest BCUT2D eigenvalue weighted by atomic mass is 35.5. The van der Waals surface area contributed by atoms with Gasteiger partial charge in [-0.05, 0) is 51.4 Å². The summed E-state index contributed by atoms with van der Waals surface area (Å²) in [6.07, 6.45) is 9.71. The van der Waals surface area contributed by atoms with Crippen molar-refractivity contribution in [1.29, 1.82) is 0 Å². The molecule has 146 valence electrons. The molecule has 0 aromatic heterocycles. The van der Waals surface area contributed by atoms with E-state index >= 15 is 0 Å². The van der Waals surface area contributed by atoms with Crippen molar-refractivity contribution in [2.75, 3.05) is 6.54 Å². The second-order valence-electron chi connectivity index (χ2n) is 7.83. The number of carbonyl (C=O) groups excluding carboxylic acids is 2. The molecular weight excluding hydrogens is 338 g/mol. The molecule has 6 heteroatoms. The fourth-order valence-electron chi connectivity index (χ4n) is 3.91. The smallest absolute Gasteiger partial charge is 0.223 e. The van der Waals surface area contributed by atoms with E-state index in [0.717, 1.165) is 51.4 Å². The zero-order valence-electron chi connectivity index (χ0n) is 15.8. The lowest BCUT2D eigenvalue weighted by atomic mass is 9.85. The standard InChI is InChI=1S/C19H35N3O2.ClH/c1-3-19(20,4-2)13-21-17(23)15-9-11-16(12-10-15)22-18(24)14-7-5-6-8-14;/h14-16H,3-13,20H2,1-2H3,(H,21,23)(H,22,24);1H. The topological polar surface area (TPSA) is 84.2 Å². The van der Waals surface area contributed by atoms with Gasteiger partial charge < -0.3 is 16.4 Å². The predicted molar refractivity (Wildman–Crippen MR) is 104 cm³/mol. The molecule has 0 aromatic rings. The number of nitrogens with one attached hydrogen (secondary N) is 2. The van der Waals surface area contributed by atoms with Crippen LogP contribution in [0.5, 0.6) is 0 Å². The van der Waals surface area contributed by atoms with Crippen molar-refractivity contribution in [3.05, 3.63) is 0 Å². The van der Waals surface area contributed by atoms with Crippen LogP contribution < -0.4 is 16.4 Å². The molecule has 2 saturated carbocycles. The third-order valence-electron chi connectivity index (χ3n) is 6.19. The lowest BCUT2D eigenvalue weighted by Gasteiger charge is -2.31. The van der Waals surface area contributed by atoms with Gasteiger partial charge in [0.05, 0.1) is 0 Å². The zero-order chi connectivity index (χ0) is 17.6. The molecule has 2 amide bonds. The summed E-state index contributed by atoms with van der Waals surface area (Å²) >= 11 is 0. The number of carbonyl (C=O) groups is 2. The molecule has 0 heterocycles. The summed E-state index contributed by atoms with van der Waals surface area (Å²) in [5, 5.41) is 6.25. The first-order chi connectivity index (χ1) is 11.5. The van der Waals surface area contributed by atoms with E-state index in [0.29, 0.717) is 6.54 Å². The highest BCUT2D eigenvalue weighted by Gasteiger charge is 2.30. The molecule has 2 aliphatic carbocycles. The molecule has 0 unspecified atom stereocenters. The molecule has 2 fully saturated rings. The summed E-state index contributed by atoms with van der Waals surface area (Å²) in [5.41, 5.74) is 5.96. The Morgan fingerprint density at radius 1 is 0.920 bits per heavy atom. The maximum Gasteiger partial charge on any atom is 0.223 e. The highest BCUT2D eigenvalue weighted by molar-refractivity contribution is 5.85. The van der Waals surface area contributed by atoms with Gasteiger partial charge >= 0.3 is 0 Å². The minimum absolute atomic E-state index is 0. The maximum atomic E-state index is 12.4. The molecule has 0 atom stereocenters. The van der Waals surface area contributed by atoms with Crippen molar-refractivity contribution in [3.8, 4) is 0 Å². The van der Waals surface area contributed by atoms with Gasteiger partial charge in [0.2, 0.25) is 11.8 Å². The van der Waals surface area contributed by atoms with Gasteiger partial charge in [0.1, 0.15) is 0 Å². The van der Waals surface area contributed by atoms with Crippen molar-refractivity contribution in [2.24, 2.45) is 17.6 Å². The van der Waals surface area contributed by atoms with Crippen LogP contribution in [0.25, 0.3) is 0 Å². The SMILES string of the molecule is CCC(N)(CC)CNC(=O)C1CCC(NC(=O)C2CCCC2)CC1.Cl. The van der Waals surface area contributed by atoms with Gasteiger partial charge in [0.25, 0.3) is 0 Å². The Morgan fingerprint density at radius 2 is 1.44 bits per heavy atom. The van der Waals surface area contributed by atoms with Gasteiger partial charge in [-0.2, -0.15) is 0 Å². The first-order valence-corrected chi connectivity index (χ1v) is 9.84. The fourth-order valence-corrected chi connectivity index (χ4v) is 3.91. The normalized spacial score (nSPS) is 24.4. The predicted octanol–water partition coefficient (Wildman–Crippen LogP) is 2.91. The molecule has 2 aliphatic rings. The van der Waals surface area contributed by atoms with E-state index in [4.69, 9.17) is 5.73 Å². The average Bonchev–Trinajstić information content (AvgIpc) is 3.15. The van der Waals surface area contributed by atoms with Crippen molar-refractivity contribution in [1.82, 2.24) is 10.6 Å². The Kier molecular flexibility index (Phi) is 9.22. The van der Waals surface area contributed by atoms with Gasteiger partial charge in [-0.25, -0.2) is 0 Å². The summed E-state index contributed by atoms with van der Waals surface area (Å²) in [4.78, 5) is 24.6. The summed E-state index contributed by atoms with van der Waals surface area (Å²) in [6.45, 7) is 4.68. The first kappa shape index (κ1) is 22.2. The van der Waals surface area contributed by atoms with E-state index in [9.17, 15) is 9.59 Å². The van der Waals surface area contributed by atoms with Gasteiger partial charge in [-0.15, -0.1) is 12.4 Å². The molecule has 25 heavy (non-hydrogen) atoms. The van der Waals surface area contributed by atoms with Crippen LogP contribution >= 0.6 is 12.4 Å². The third-order valence-corrected chi connectivity index (χ3v) is 6.19. The monoisotopic (exact) mass is 373 g/mol. The van der Waals surface area contributed by atoms with E-state index < -0.39 is 0 Å². The van der Waals surface area contributed by atoms with Gasteiger partial charge in [0.15, 0.2) is 0 Å². The highest BCUT2D eigenvalue weighted by Crippen LogP contribution is 2.28. The molecule has 5 nitrogen and oxygen atoms in total. The van der Waals surface area contributed by atoms with Crippen molar-refractivity contribution in [3.63, 3.8) is 0 Å². The van der Waals surface area contributed by atoms with Crippen LogP contribution in [0.2, 0.25) is 0 Å². The second kappa shape index (κ2) is 10.4. The van der Waals surface area contributed by atoms with Crippen LogP contribution in [0.4, 0.5) is 0 Å².